The van der Waals surface area contributed by atoms with E-state index in [0.717, 1.165) is 36.5 Å². The van der Waals surface area contributed by atoms with Crippen LogP contribution in [0, 0.1) is 16.2 Å². The minimum Gasteiger partial charge on any atom is -0.462 e. The molecule has 0 aliphatic carbocycles. The van der Waals surface area contributed by atoms with Crippen molar-refractivity contribution in [1.82, 2.24) is 13.7 Å². The molecule has 0 saturated heterocycles. The highest BCUT2D eigenvalue weighted by Gasteiger charge is 2.37. The first-order valence-electron chi connectivity index (χ1n) is 15.9. The van der Waals surface area contributed by atoms with Crippen LogP contribution < -0.4 is 17.1 Å². The van der Waals surface area contributed by atoms with Gasteiger partial charge in [-0.05, 0) is 0 Å². The Bertz CT molecular complexity index is 1530. The molecule has 0 radical (unpaired) electrons. The number of carbonyl (C=O) groups excluding carboxylic acids is 6. The van der Waals surface area contributed by atoms with Crippen LogP contribution >= 0.6 is 0 Å². The maximum atomic E-state index is 14.2. The number of hydrogen-bond acceptors (Lipinski definition) is 15. The molecule has 0 bridgehead atoms. The molecule has 54 heavy (non-hydrogen) atoms. The molecule has 0 N–H and O–H groups in total. The zero-order valence-electron chi connectivity index (χ0n) is 30.5. The van der Waals surface area contributed by atoms with Crippen LogP contribution in [0.4, 0.5) is 0 Å². The SMILES string of the molecule is C=CC(=O)OCC(C)(COC(=O)C=C)Cn1c(=O)n(CC(C)(COC(=O)C=C)COC(=O)C=C)c(=O)n(CC(C)(COC(=O)C=C)COC(=O)C=C)c1=O. The van der Waals surface area contributed by atoms with E-state index >= 15 is 0 Å². The standard InChI is InChI=1S/C36H45N3O15/c1-10-25(40)49-19-34(7,20-50-26(41)11-2)16-37-31(46)38(17-35(8,21-51-27(42)12-3)22-52-28(43)13-4)33(48)39(32(37)47)18-36(9,23-53-29(44)14-5)24-54-30(45)15-6/h10-15H,1-6,16-24H2,7-9H3. The summed E-state index contributed by atoms with van der Waals surface area (Å²) >= 11 is 0. The Balaban J connectivity index is 4.18. The molecule has 1 heterocycles. The number of carbonyl (C=O) groups is 6. The fourth-order valence-corrected chi connectivity index (χ4v) is 4.46. The smallest absolute Gasteiger partial charge is 0.336 e. The summed E-state index contributed by atoms with van der Waals surface area (Å²) < 4.78 is 32.9. The van der Waals surface area contributed by atoms with Crippen LogP contribution in [-0.4, -0.2) is 89.2 Å². The average molecular weight is 760 g/mol. The van der Waals surface area contributed by atoms with Gasteiger partial charge in [0.1, 0.15) is 39.6 Å². The van der Waals surface area contributed by atoms with Gasteiger partial charge in [-0.15, -0.1) is 0 Å². The van der Waals surface area contributed by atoms with E-state index in [1.807, 2.05) is 0 Å². The Kier molecular flexibility index (Phi) is 17.5. The Morgan fingerprint density at radius 3 is 0.685 bits per heavy atom. The van der Waals surface area contributed by atoms with E-state index < -0.39 is 128 Å². The first-order valence-corrected chi connectivity index (χ1v) is 15.9. The van der Waals surface area contributed by atoms with Crippen LogP contribution in [0.5, 0.6) is 0 Å². The molecule has 0 aliphatic rings. The van der Waals surface area contributed by atoms with Crippen molar-refractivity contribution in [3.8, 4) is 0 Å². The number of esters is 6. The molecule has 0 spiro atoms. The number of hydrogen-bond donors (Lipinski definition) is 0. The number of ether oxygens (including phenoxy) is 6. The summed E-state index contributed by atoms with van der Waals surface area (Å²) in [6, 6.07) is 0. The first-order chi connectivity index (χ1) is 25.2. The Morgan fingerprint density at radius 2 is 0.556 bits per heavy atom. The molecular weight excluding hydrogens is 714 g/mol. The molecule has 0 atom stereocenters. The van der Waals surface area contributed by atoms with Crippen molar-refractivity contribution < 1.29 is 57.2 Å². The second-order valence-electron chi connectivity index (χ2n) is 12.9. The van der Waals surface area contributed by atoms with E-state index in [1.165, 1.54) is 20.8 Å². The first kappa shape index (κ1) is 45.7. The van der Waals surface area contributed by atoms with Gasteiger partial charge in [0.2, 0.25) is 0 Å². The van der Waals surface area contributed by atoms with Gasteiger partial charge in [0.25, 0.3) is 0 Å². The van der Waals surface area contributed by atoms with Crippen molar-refractivity contribution in [2.45, 2.75) is 40.4 Å². The molecule has 1 aromatic heterocycles. The largest absolute Gasteiger partial charge is 0.462 e. The highest BCUT2D eigenvalue weighted by Crippen LogP contribution is 2.23. The molecule has 1 rings (SSSR count). The molecule has 0 amide bonds. The van der Waals surface area contributed by atoms with E-state index in [4.69, 9.17) is 28.4 Å². The summed E-state index contributed by atoms with van der Waals surface area (Å²) in [7, 11) is 0. The molecule has 18 nitrogen and oxygen atoms in total. The molecule has 0 aliphatic heterocycles. The quantitative estimate of drug-likeness (QED) is 0.0798. The van der Waals surface area contributed by atoms with E-state index in [2.05, 4.69) is 39.5 Å². The molecular formula is C36H45N3O15. The number of rotatable bonds is 24. The molecule has 294 valence electrons. The Hall–Kier alpha value is -6.33. The van der Waals surface area contributed by atoms with Gasteiger partial charge in [0.15, 0.2) is 0 Å². The fraction of sp³-hybridized carbons (Fsp3) is 0.417. The summed E-state index contributed by atoms with van der Waals surface area (Å²) in [6.45, 7) is 19.0. The Morgan fingerprint density at radius 1 is 0.407 bits per heavy atom. The minimum absolute atomic E-state index is 0.535. The maximum absolute atomic E-state index is 14.2. The second-order valence-corrected chi connectivity index (χ2v) is 12.9. The van der Waals surface area contributed by atoms with Crippen molar-refractivity contribution in [1.29, 1.82) is 0 Å². The zero-order chi connectivity index (χ0) is 41.3. The summed E-state index contributed by atoms with van der Waals surface area (Å²) in [6.07, 6.45) is 5.13. The van der Waals surface area contributed by atoms with Gasteiger partial charge in [0, 0.05) is 56.1 Å². The van der Waals surface area contributed by atoms with E-state index in [-0.39, 0.29) is 0 Å². The molecule has 0 aromatic carbocycles. The highest BCUT2D eigenvalue weighted by atomic mass is 16.6. The lowest BCUT2D eigenvalue weighted by Crippen LogP contribution is -2.59. The van der Waals surface area contributed by atoms with E-state index in [0.29, 0.717) is 13.7 Å². The third-order valence-corrected chi connectivity index (χ3v) is 7.38. The van der Waals surface area contributed by atoms with Crippen LogP contribution in [0.3, 0.4) is 0 Å². The predicted octanol–water partition coefficient (Wildman–Crippen LogP) is 0.566. The van der Waals surface area contributed by atoms with Crippen LogP contribution in [0.15, 0.2) is 90.3 Å². The molecule has 0 unspecified atom stereocenters. The highest BCUT2D eigenvalue weighted by molar-refractivity contribution is 5.83. The summed E-state index contributed by atoms with van der Waals surface area (Å²) in [4.78, 5) is 115. The van der Waals surface area contributed by atoms with Gasteiger partial charge in [-0.2, -0.15) is 0 Å². The van der Waals surface area contributed by atoms with E-state index in [9.17, 15) is 43.2 Å². The normalized spacial score (nSPS) is 11.2. The van der Waals surface area contributed by atoms with Gasteiger partial charge >= 0.3 is 52.9 Å². The van der Waals surface area contributed by atoms with Gasteiger partial charge in [-0.3, -0.25) is 0 Å². The minimum atomic E-state index is -1.52. The average Bonchev–Trinajstić information content (AvgIpc) is 3.17. The predicted molar refractivity (Wildman–Crippen MR) is 190 cm³/mol. The second kappa shape index (κ2) is 20.6. The van der Waals surface area contributed by atoms with Crippen molar-refractivity contribution in [2.24, 2.45) is 16.2 Å². The molecule has 0 fully saturated rings. The fourth-order valence-electron chi connectivity index (χ4n) is 4.46. The maximum Gasteiger partial charge on any atom is 0.336 e. The van der Waals surface area contributed by atoms with Gasteiger partial charge in [-0.1, -0.05) is 60.2 Å². The van der Waals surface area contributed by atoms with Crippen LogP contribution in [0.2, 0.25) is 0 Å². The summed E-state index contributed by atoms with van der Waals surface area (Å²) in [5.74, 6) is -5.31. The van der Waals surface area contributed by atoms with E-state index in [1.54, 1.807) is 0 Å². The lowest BCUT2D eigenvalue weighted by atomic mass is 9.92. The molecule has 0 saturated carbocycles. The third-order valence-electron chi connectivity index (χ3n) is 7.38. The van der Waals surface area contributed by atoms with Crippen LogP contribution in [0.1, 0.15) is 20.8 Å². The van der Waals surface area contributed by atoms with Gasteiger partial charge in [-0.25, -0.2) is 56.9 Å². The summed E-state index contributed by atoms with van der Waals surface area (Å²) in [5, 5.41) is 0. The van der Waals surface area contributed by atoms with Crippen molar-refractivity contribution in [3.63, 3.8) is 0 Å². The van der Waals surface area contributed by atoms with Gasteiger partial charge in [0.05, 0.1) is 16.2 Å². The van der Waals surface area contributed by atoms with Gasteiger partial charge < -0.3 is 28.4 Å². The molecule has 18 heteroatoms. The zero-order valence-corrected chi connectivity index (χ0v) is 30.5. The van der Waals surface area contributed by atoms with Crippen molar-refractivity contribution in [2.75, 3.05) is 39.6 Å². The topological polar surface area (TPSA) is 224 Å². The van der Waals surface area contributed by atoms with Crippen LogP contribution in [0.25, 0.3) is 0 Å². The molecule has 1 aromatic rings. The summed E-state index contributed by atoms with van der Waals surface area (Å²) in [5.41, 5.74) is -8.26. The van der Waals surface area contributed by atoms with Crippen molar-refractivity contribution >= 4 is 35.8 Å². The number of aromatic nitrogens is 3. The lowest BCUT2D eigenvalue weighted by molar-refractivity contribution is -0.149. The Labute approximate surface area is 310 Å². The van der Waals surface area contributed by atoms with Crippen LogP contribution in [-0.2, 0) is 76.8 Å². The monoisotopic (exact) mass is 759 g/mol. The van der Waals surface area contributed by atoms with Crippen molar-refractivity contribution in [3.05, 3.63) is 107 Å². The third kappa shape index (κ3) is 14.0. The lowest BCUT2D eigenvalue weighted by Gasteiger charge is -2.32. The number of nitrogens with zero attached hydrogens (tertiary/aromatic N) is 3.